The molecule has 1 aromatic carbocycles. The van der Waals surface area contributed by atoms with E-state index >= 15 is 0 Å². The van der Waals surface area contributed by atoms with Crippen LogP contribution in [0.25, 0.3) is 0 Å². The van der Waals surface area contributed by atoms with Gasteiger partial charge in [-0.25, -0.2) is 0 Å². The van der Waals surface area contributed by atoms with Crippen LogP contribution in [0.2, 0.25) is 0 Å². The molecule has 1 atom stereocenters. The van der Waals surface area contributed by atoms with E-state index in [-0.39, 0.29) is 18.7 Å². The number of ether oxygens (including phenoxy) is 3. The lowest BCUT2D eigenvalue weighted by Crippen LogP contribution is -2.30. The summed E-state index contributed by atoms with van der Waals surface area (Å²) in [6.45, 7) is 3.20. The Hall–Kier alpha value is -1.42. The second-order valence-corrected chi connectivity index (χ2v) is 6.31. The minimum Gasteiger partial charge on any atom is -0.466 e. The van der Waals surface area contributed by atoms with E-state index in [1.165, 1.54) is 0 Å². The standard InChI is InChI=1S/C17H20BrNO4/c1-2-21-15(20)11-17(12-19,8-7-16-22-9-10-23-16)13-3-5-14(18)6-4-13/h3-6,16H,2,7-11H2,1H3. The minimum absolute atomic E-state index is 0.0195. The molecule has 0 saturated carbocycles. The van der Waals surface area contributed by atoms with E-state index in [1.807, 2.05) is 24.3 Å². The Morgan fingerprint density at radius 1 is 1.39 bits per heavy atom. The molecule has 0 amide bonds. The van der Waals surface area contributed by atoms with E-state index < -0.39 is 5.41 Å². The van der Waals surface area contributed by atoms with Crippen LogP contribution in [-0.2, 0) is 24.4 Å². The van der Waals surface area contributed by atoms with Crippen molar-refractivity contribution in [3.05, 3.63) is 34.3 Å². The maximum Gasteiger partial charge on any atom is 0.307 e. The SMILES string of the molecule is CCOC(=O)CC(C#N)(CCC1OCCO1)c1ccc(Br)cc1. The molecule has 0 aliphatic carbocycles. The topological polar surface area (TPSA) is 68.6 Å². The Balaban J connectivity index is 2.21. The maximum absolute atomic E-state index is 12.0. The maximum atomic E-state index is 12.0. The number of carbonyl (C=O) groups excluding carboxylic acids is 1. The fraction of sp³-hybridized carbons (Fsp3) is 0.529. The molecule has 0 bridgehead atoms. The second-order valence-electron chi connectivity index (χ2n) is 5.39. The van der Waals surface area contributed by atoms with Gasteiger partial charge in [0.05, 0.1) is 37.7 Å². The van der Waals surface area contributed by atoms with Crippen molar-refractivity contribution >= 4 is 21.9 Å². The number of esters is 1. The van der Waals surface area contributed by atoms with Gasteiger partial charge in [0.2, 0.25) is 0 Å². The molecule has 23 heavy (non-hydrogen) atoms. The summed E-state index contributed by atoms with van der Waals surface area (Å²) in [7, 11) is 0. The number of nitriles is 1. The van der Waals surface area contributed by atoms with Gasteiger partial charge in [0.25, 0.3) is 0 Å². The fourth-order valence-corrected chi connectivity index (χ4v) is 2.92. The number of benzene rings is 1. The highest BCUT2D eigenvalue weighted by Gasteiger charge is 2.37. The first-order valence-corrected chi connectivity index (χ1v) is 8.45. The van der Waals surface area contributed by atoms with E-state index in [0.717, 1.165) is 10.0 Å². The van der Waals surface area contributed by atoms with Crippen molar-refractivity contribution in [1.29, 1.82) is 5.26 Å². The van der Waals surface area contributed by atoms with Crippen LogP contribution in [0, 0.1) is 11.3 Å². The molecule has 1 saturated heterocycles. The number of hydrogen-bond acceptors (Lipinski definition) is 5. The number of hydrogen-bond donors (Lipinski definition) is 0. The Labute approximate surface area is 144 Å². The van der Waals surface area contributed by atoms with Gasteiger partial charge in [-0.15, -0.1) is 0 Å². The van der Waals surface area contributed by atoms with Crippen LogP contribution in [0.15, 0.2) is 28.7 Å². The lowest BCUT2D eigenvalue weighted by molar-refractivity contribution is -0.144. The predicted molar refractivity (Wildman–Crippen MR) is 87.6 cm³/mol. The zero-order chi connectivity index (χ0) is 16.7. The summed E-state index contributed by atoms with van der Waals surface area (Å²) in [6.07, 6.45) is 0.740. The Bertz CT molecular complexity index is 563. The Kier molecular flexibility index (Phi) is 6.58. The molecule has 1 heterocycles. The predicted octanol–water partition coefficient (Wildman–Crippen LogP) is 3.32. The lowest BCUT2D eigenvalue weighted by Gasteiger charge is -2.27. The molecule has 1 aliphatic heterocycles. The molecule has 0 spiro atoms. The van der Waals surface area contributed by atoms with Crippen LogP contribution in [-0.4, -0.2) is 32.1 Å². The van der Waals surface area contributed by atoms with E-state index in [2.05, 4.69) is 22.0 Å². The molecule has 1 aromatic rings. The highest BCUT2D eigenvalue weighted by atomic mass is 79.9. The minimum atomic E-state index is -0.942. The molecular formula is C17H20BrNO4. The summed E-state index contributed by atoms with van der Waals surface area (Å²) in [6, 6.07) is 9.81. The van der Waals surface area contributed by atoms with Crippen LogP contribution < -0.4 is 0 Å². The van der Waals surface area contributed by atoms with Crippen molar-refractivity contribution in [1.82, 2.24) is 0 Å². The van der Waals surface area contributed by atoms with Crippen LogP contribution in [0.1, 0.15) is 31.7 Å². The molecule has 1 fully saturated rings. The van der Waals surface area contributed by atoms with E-state index in [0.29, 0.717) is 32.7 Å². The van der Waals surface area contributed by atoms with Crippen LogP contribution in [0.5, 0.6) is 0 Å². The zero-order valence-electron chi connectivity index (χ0n) is 13.1. The quantitative estimate of drug-likeness (QED) is 0.677. The van der Waals surface area contributed by atoms with Crippen LogP contribution >= 0.6 is 15.9 Å². The van der Waals surface area contributed by atoms with Crippen molar-refractivity contribution in [2.45, 2.75) is 37.9 Å². The summed E-state index contributed by atoms with van der Waals surface area (Å²) in [4.78, 5) is 12.0. The normalized spacial score (nSPS) is 17.4. The average Bonchev–Trinajstić information content (AvgIpc) is 3.06. The molecule has 0 N–H and O–H groups in total. The molecule has 5 nitrogen and oxygen atoms in total. The van der Waals surface area contributed by atoms with Crippen molar-refractivity contribution in [2.24, 2.45) is 0 Å². The van der Waals surface area contributed by atoms with Gasteiger partial charge >= 0.3 is 5.97 Å². The van der Waals surface area contributed by atoms with Gasteiger partial charge < -0.3 is 14.2 Å². The molecule has 0 radical (unpaired) electrons. The average molecular weight is 382 g/mol. The Morgan fingerprint density at radius 3 is 2.61 bits per heavy atom. The van der Waals surface area contributed by atoms with Gasteiger partial charge in [0.15, 0.2) is 6.29 Å². The van der Waals surface area contributed by atoms with E-state index in [9.17, 15) is 10.1 Å². The molecule has 6 heteroatoms. The van der Waals surface area contributed by atoms with Crippen molar-refractivity contribution < 1.29 is 19.0 Å². The first kappa shape index (κ1) is 17.9. The number of halogens is 1. The van der Waals surface area contributed by atoms with Crippen molar-refractivity contribution in [3.63, 3.8) is 0 Å². The first-order valence-electron chi connectivity index (χ1n) is 7.66. The highest BCUT2D eigenvalue weighted by molar-refractivity contribution is 9.10. The summed E-state index contributed by atoms with van der Waals surface area (Å²) in [5.41, 5.74) is -0.142. The van der Waals surface area contributed by atoms with Crippen molar-refractivity contribution in [2.75, 3.05) is 19.8 Å². The van der Waals surface area contributed by atoms with Crippen molar-refractivity contribution in [3.8, 4) is 6.07 Å². The second kappa shape index (κ2) is 8.44. The molecule has 0 aromatic heterocycles. The zero-order valence-corrected chi connectivity index (χ0v) is 14.7. The van der Waals surface area contributed by atoms with Gasteiger partial charge in [-0.3, -0.25) is 4.79 Å². The van der Waals surface area contributed by atoms with Gasteiger partial charge in [0.1, 0.15) is 0 Å². The molecule has 1 unspecified atom stereocenters. The van der Waals surface area contributed by atoms with Crippen LogP contribution in [0.4, 0.5) is 0 Å². The summed E-state index contributed by atoms with van der Waals surface area (Å²) < 4.78 is 16.9. The molecule has 124 valence electrons. The number of carbonyl (C=O) groups is 1. The summed E-state index contributed by atoms with van der Waals surface area (Å²) in [5, 5.41) is 9.84. The third kappa shape index (κ3) is 4.77. The van der Waals surface area contributed by atoms with E-state index in [1.54, 1.807) is 6.92 Å². The van der Waals surface area contributed by atoms with E-state index in [4.69, 9.17) is 14.2 Å². The highest BCUT2D eigenvalue weighted by Crippen LogP contribution is 2.35. The smallest absolute Gasteiger partial charge is 0.307 e. The number of rotatable bonds is 7. The van der Waals surface area contributed by atoms with Gasteiger partial charge in [-0.2, -0.15) is 5.26 Å². The van der Waals surface area contributed by atoms with Crippen LogP contribution in [0.3, 0.4) is 0 Å². The molecule has 1 aliphatic rings. The third-order valence-electron chi connectivity index (χ3n) is 3.86. The van der Waals surface area contributed by atoms with Gasteiger partial charge in [-0.1, -0.05) is 28.1 Å². The monoisotopic (exact) mass is 381 g/mol. The number of nitrogens with zero attached hydrogens (tertiary/aromatic N) is 1. The lowest BCUT2D eigenvalue weighted by atomic mass is 9.75. The largest absolute Gasteiger partial charge is 0.466 e. The Morgan fingerprint density at radius 2 is 2.04 bits per heavy atom. The summed E-state index contributed by atoms with van der Waals surface area (Å²) in [5.74, 6) is -0.370. The van der Waals surface area contributed by atoms with Gasteiger partial charge in [-0.05, 0) is 31.0 Å². The fourth-order valence-electron chi connectivity index (χ4n) is 2.66. The molecular weight excluding hydrogens is 362 g/mol. The summed E-state index contributed by atoms with van der Waals surface area (Å²) >= 11 is 3.39. The molecule has 2 rings (SSSR count). The first-order chi connectivity index (χ1) is 11.1. The third-order valence-corrected chi connectivity index (χ3v) is 4.39. The van der Waals surface area contributed by atoms with Gasteiger partial charge in [0, 0.05) is 10.9 Å².